The predicted molar refractivity (Wildman–Crippen MR) is 88.1 cm³/mol. The van der Waals surface area contributed by atoms with Crippen molar-refractivity contribution in [1.82, 2.24) is 5.32 Å². The second-order valence-corrected chi connectivity index (χ2v) is 6.79. The van der Waals surface area contributed by atoms with Gasteiger partial charge >= 0.3 is 5.97 Å². The van der Waals surface area contributed by atoms with Gasteiger partial charge in [-0.15, -0.1) is 0 Å². The first-order chi connectivity index (χ1) is 11.1. The molecule has 2 bridgehead atoms. The number of carbonyl (C=O) groups excluding carboxylic acids is 1. The van der Waals surface area contributed by atoms with Gasteiger partial charge in [0, 0.05) is 11.6 Å². The second kappa shape index (κ2) is 6.75. The van der Waals surface area contributed by atoms with Gasteiger partial charge in [-0.2, -0.15) is 0 Å². The summed E-state index contributed by atoms with van der Waals surface area (Å²) >= 11 is 5.94. The van der Waals surface area contributed by atoms with Crippen LogP contribution in [0.25, 0.3) is 0 Å². The van der Waals surface area contributed by atoms with Gasteiger partial charge < -0.3 is 10.4 Å². The first-order valence-corrected chi connectivity index (χ1v) is 8.37. The number of carboxylic acid groups (broad SMARTS) is 1. The van der Waals surface area contributed by atoms with Crippen LogP contribution in [0.1, 0.15) is 18.4 Å². The Hall–Kier alpha value is -1.81. The lowest BCUT2D eigenvalue weighted by Crippen LogP contribution is -2.49. The normalized spacial score (nSPS) is 28.6. The Morgan fingerprint density at radius 1 is 1.17 bits per heavy atom. The van der Waals surface area contributed by atoms with Gasteiger partial charge in [0.05, 0.1) is 11.8 Å². The first-order valence-electron chi connectivity index (χ1n) is 7.99. The molecule has 23 heavy (non-hydrogen) atoms. The van der Waals surface area contributed by atoms with Crippen LogP contribution in [0.3, 0.4) is 0 Å². The van der Waals surface area contributed by atoms with E-state index < -0.39 is 17.8 Å². The van der Waals surface area contributed by atoms with Crippen molar-refractivity contribution in [3.05, 3.63) is 47.0 Å². The number of amides is 1. The van der Waals surface area contributed by atoms with Crippen LogP contribution in [0.2, 0.25) is 5.02 Å². The van der Waals surface area contributed by atoms with Crippen LogP contribution in [0, 0.1) is 23.7 Å². The minimum Gasteiger partial charge on any atom is -0.481 e. The maximum absolute atomic E-state index is 12.5. The van der Waals surface area contributed by atoms with Gasteiger partial charge in [0.25, 0.3) is 0 Å². The molecular weight excluding hydrogens is 314 g/mol. The standard InChI is InChI=1S/C18H20ClNO3/c19-14-3-1-2-11(10-14)8-9-20-17(21)15-12-4-6-13(7-5-12)16(15)18(22)23/h1-4,6,10,12-13,15-16H,5,7-9H2,(H,20,21)(H,22,23)/t12-,13+,15+,16-/m1/s1. The summed E-state index contributed by atoms with van der Waals surface area (Å²) in [6, 6.07) is 7.53. The summed E-state index contributed by atoms with van der Waals surface area (Å²) in [4.78, 5) is 24.1. The highest BCUT2D eigenvalue weighted by Gasteiger charge is 2.47. The molecule has 0 aliphatic heterocycles. The molecule has 0 aromatic heterocycles. The SMILES string of the molecule is O=C(NCCc1cccc(Cl)c1)[C@@H]1[C@H](C(=O)O)[C@H]2C=C[C@@H]1CC2. The van der Waals surface area contributed by atoms with Crippen molar-refractivity contribution in [3.8, 4) is 0 Å². The molecular formula is C18H20ClNO3. The van der Waals surface area contributed by atoms with E-state index in [9.17, 15) is 14.7 Å². The van der Waals surface area contributed by atoms with Gasteiger partial charge in [0.1, 0.15) is 0 Å². The topological polar surface area (TPSA) is 66.4 Å². The third-order valence-electron chi connectivity index (χ3n) is 4.94. The molecule has 122 valence electrons. The Balaban J connectivity index is 1.61. The number of halogens is 1. The molecule has 5 heteroatoms. The number of carboxylic acids is 1. The molecule has 1 aromatic carbocycles. The quantitative estimate of drug-likeness (QED) is 0.814. The zero-order chi connectivity index (χ0) is 16.4. The van der Waals surface area contributed by atoms with Crippen LogP contribution in [0.5, 0.6) is 0 Å². The number of hydrogen-bond acceptors (Lipinski definition) is 2. The molecule has 3 aliphatic carbocycles. The van der Waals surface area contributed by atoms with Gasteiger partial charge in [-0.3, -0.25) is 9.59 Å². The van der Waals surface area contributed by atoms with Crippen molar-refractivity contribution < 1.29 is 14.7 Å². The summed E-state index contributed by atoms with van der Waals surface area (Å²) in [5.74, 6) is -2.01. The van der Waals surface area contributed by atoms with E-state index in [-0.39, 0.29) is 17.7 Å². The van der Waals surface area contributed by atoms with Gasteiger partial charge in [0.15, 0.2) is 0 Å². The summed E-state index contributed by atoms with van der Waals surface area (Å²) in [5, 5.41) is 13.1. The zero-order valence-electron chi connectivity index (χ0n) is 12.7. The smallest absolute Gasteiger partial charge is 0.307 e. The Kier molecular flexibility index (Phi) is 4.71. The van der Waals surface area contributed by atoms with Crippen molar-refractivity contribution in [2.24, 2.45) is 23.7 Å². The van der Waals surface area contributed by atoms with Crippen molar-refractivity contribution in [2.45, 2.75) is 19.3 Å². The van der Waals surface area contributed by atoms with Crippen LogP contribution >= 0.6 is 11.6 Å². The monoisotopic (exact) mass is 333 g/mol. The van der Waals surface area contributed by atoms with Crippen LogP contribution < -0.4 is 5.32 Å². The number of benzene rings is 1. The molecule has 3 aliphatic rings. The average molecular weight is 334 g/mol. The largest absolute Gasteiger partial charge is 0.481 e. The Labute approximate surface area is 140 Å². The molecule has 1 aromatic rings. The maximum atomic E-state index is 12.5. The van der Waals surface area contributed by atoms with E-state index >= 15 is 0 Å². The molecule has 0 spiro atoms. The zero-order valence-corrected chi connectivity index (χ0v) is 13.5. The number of aliphatic carboxylic acids is 1. The number of fused-ring (bicyclic) bond motifs is 2. The Bertz CT molecular complexity index is 643. The van der Waals surface area contributed by atoms with Gasteiger partial charge in [0.2, 0.25) is 5.91 Å². The van der Waals surface area contributed by atoms with Crippen molar-refractivity contribution >= 4 is 23.5 Å². The van der Waals surface area contributed by atoms with Crippen LogP contribution in [0.15, 0.2) is 36.4 Å². The number of allylic oxidation sites excluding steroid dienone is 2. The second-order valence-electron chi connectivity index (χ2n) is 6.35. The first kappa shape index (κ1) is 16.1. The average Bonchev–Trinajstić information content (AvgIpc) is 2.55. The highest BCUT2D eigenvalue weighted by Crippen LogP contribution is 2.45. The lowest BCUT2D eigenvalue weighted by atomic mass is 9.62. The molecule has 0 radical (unpaired) electrons. The van der Waals surface area contributed by atoms with E-state index in [1.54, 1.807) is 0 Å². The van der Waals surface area contributed by atoms with Crippen molar-refractivity contribution in [3.63, 3.8) is 0 Å². The Morgan fingerprint density at radius 2 is 1.87 bits per heavy atom. The summed E-state index contributed by atoms with van der Waals surface area (Å²) < 4.78 is 0. The summed E-state index contributed by atoms with van der Waals surface area (Å²) in [5.41, 5.74) is 1.05. The molecule has 4 nitrogen and oxygen atoms in total. The minimum absolute atomic E-state index is 0.0128. The molecule has 2 N–H and O–H groups in total. The van der Waals surface area contributed by atoms with Crippen LogP contribution in [-0.2, 0) is 16.0 Å². The molecule has 4 rings (SSSR count). The van der Waals surface area contributed by atoms with Crippen LogP contribution in [-0.4, -0.2) is 23.5 Å². The van der Waals surface area contributed by atoms with E-state index in [0.29, 0.717) is 18.0 Å². The highest BCUT2D eigenvalue weighted by molar-refractivity contribution is 6.30. The fraction of sp³-hybridized carbons (Fsp3) is 0.444. The van der Waals surface area contributed by atoms with E-state index in [1.165, 1.54) is 0 Å². The minimum atomic E-state index is -0.862. The molecule has 1 saturated carbocycles. The number of hydrogen-bond donors (Lipinski definition) is 2. The summed E-state index contributed by atoms with van der Waals surface area (Å²) in [6.45, 7) is 0.489. The van der Waals surface area contributed by atoms with E-state index in [2.05, 4.69) is 5.32 Å². The summed E-state index contributed by atoms with van der Waals surface area (Å²) in [7, 11) is 0. The molecule has 0 heterocycles. The lowest BCUT2D eigenvalue weighted by molar-refractivity contribution is -0.152. The lowest BCUT2D eigenvalue weighted by Gasteiger charge is -2.41. The fourth-order valence-electron chi connectivity index (χ4n) is 3.83. The molecule has 0 unspecified atom stereocenters. The van der Waals surface area contributed by atoms with Crippen molar-refractivity contribution in [2.75, 3.05) is 6.54 Å². The predicted octanol–water partition coefficient (Wildman–Crippen LogP) is 2.91. The third kappa shape index (κ3) is 3.42. The summed E-state index contributed by atoms with van der Waals surface area (Å²) in [6.07, 6.45) is 6.44. The van der Waals surface area contributed by atoms with Gasteiger partial charge in [-0.1, -0.05) is 35.9 Å². The molecule has 4 atom stereocenters. The van der Waals surface area contributed by atoms with Crippen molar-refractivity contribution in [1.29, 1.82) is 0 Å². The van der Waals surface area contributed by atoms with E-state index in [4.69, 9.17) is 11.6 Å². The van der Waals surface area contributed by atoms with E-state index in [1.807, 2.05) is 36.4 Å². The third-order valence-corrected chi connectivity index (χ3v) is 5.17. The molecule has 0 saturated heterocycles. The number of rotatable bonds is 5. The number of nitrogens with one attached hydrogen (secondary N) is 1. The fourth-order valence-corrected chi connectivity index (χ4v) is 4.04. The van der Waals surface area contributed by atoms with Gasteiger partial charge in [-0.25, -0.2) is 0 Å². The van der Waals surface area contributed by atoms with E-state index in [0.717, 1.165) is 18.4 Å². The molecule has 1 fully saturated rings. The highest BCUT2D eigenvalue weighted by atomic mass is 35.5. The van der Waals surface area contributed by atoms with Gasteiger partial charge in [-0.05, 0) is 48.8 Å². The number of carbonyl (C=O) groups is 2. The Morgan fingerprint density at radius 3 is 2.48 bits per heavy atom. The van der Waals surface area contributed by atoms with Crippen LogP contribution in [0.4, 0.5) is 0 Å². The molecule has 1 amide bonds. The maximum Gasteiger partial charge on any atom is 0.307 e.